The summed E-state index contributed by atoms with van der Waals surface area (Å²) in [5.74, 6) is -0.982. The van der Waals surface area contributed by atoms with Crippen molar-refractivity contribution >= 4 is 11.9 Å². The maximum absolute atomic E-state index is 12.8. The van der Waals surface area contributed by atoms with E-state index in [0.29, 0.717) is 26.1 Å². The largest absolute Gasteiger partial charge is 0.487 e. The van der Waals surface area contributed by atoms with Gasteiger partial charge in [-0.05, 0) is 12.5 Å². The van der Waals surface area contributed by atoms with Crippen molar-refractivity contribution in [2.24, 2.45) is 0 Å². The van der Waals surface area contributed by atoms with E-state index in [1.54, 1.807) is 0 Å². The quantitative estimate of drug-likeness (QED) is 0.660. The maximum atomic E-state index is 12.8. The molecule has 1 aromatic carbocycles. The molecule has 32 heavy (non-hydrogen) atoms. The number of aromatic nitrogens is 1. The van der Waals surface area contributed by atoms with Gasteiger partial charge in [0.15, 0.2) is 29.2 Å². The molecule has 2 heterocycles. The van der Waals surface area contributed by atoms with Crippen LogP contribution in [-0.4, -0.2) is 63.4 Å². The van der Waals surface area contributed by atoms with E-state index in [9.17, 15) is 9.59 Å². The Morgan fingerprint density at radius 1 is 0.875 bits per heavy atom. The zero-order valence-electron chi connectivity index (χ0n) is 18.6. The molecule has 0 aliphatic carbocycles. The van der Waals surface area contributed by atoms with Crippen molar-refractivity contribution in [2.75, 3.05) is 40.6 Å². The van der Waals surface area contributed by atoms with Gasteiger partial charge < -0.3 is 33.0 Å². The summed E-state index contributed by atoms with van der Waals surface area (Å²) in [6.45, 7) is 3.36. The number of methoxy groups -OCH3 is 2. The van der Waals surface area contributed by atoms with Crippen LogP contribution in [0.15, 0.2) is 30.3 Å². The van der Waals surface area contributed by atoms with Gasteiger partial charge in [0.25, 0.3) is 0 Å². The van der Waals surface area contributed by atoms with E-state index in [2.05, 4.69) is 0 Å². The Labute approximate surface area is 187 Å². The molecule has 174 valence electrons. The minimum atomic E-state index is -0.645. The third-order valence-corrected chi connectivity index (χ3v) is 4.89. The smallest absolute Gasteiger partial charge is 0.358 e. The first-order chi connectivity index (χ1) is 15.6. The van der Waals surface area contributed by atoms with Crippen LogP contribution in [0.25, 0.3) is 0 Å². The van der Waals surface area contributed by atoms with Gasteiger partial charge in [-0.25, -0.2) is 9.59 Å². The lowest BCUT2D eigenvalue weighted by Gasteiger charge is -2.14. The van der Waals surface area contributed by atoms with Gasteiger partial charge in [-0.3, -0.25) is 0 Å². The lowest BCUT2D eigenvalue weighted by Crippen LogP contribution is -2.19. The predicted octanol–water partition coefficient (Wildman–Crippen LogP) is 3.04. The van der Waals surface area contributed by atoms with Crippen LogP contribution in [0.1, 0.15) is 46.3 Å². The first-order valence-corrected chi connectivity index (χ1v) is 10.5. The molecule has 0 saturated carbocycles. The van der Waals surface area contributed by atoms with Crippen molar-refractivity contribution in [1.82, 2.24) is 4.57 Å². The molecule has 0 fully saturated rings. The van der Waals surface area contributed by atoms with Crippen molar-refractivity contribution in [3.05, 3.63) is 47.3 Å². The van der Waals surface area contributed by atoms with Gasteiger partial charge in [0.05, 0.1) is 40.6 Å². The van der Waals surface area contributed by atoms with Gasteiger partial charge in [0.2, 0.25) is 0 Å². The van der Waals surface area contributed by atoms with Gasteiger partial charge >= 0.3 is 11.9 Å². The van der Waals surface area contributed by atoms with Crippen LogP contribution < -0.4 is 9.47 Å². The molecule has 0 amide bonds. The highest BCUT2D eigenvalue weighted by molar-refractivity contribution is 5.99. The van der Waals surface area contributed by atoms with Crippen molar-refractivity contribution < 1.29 is 38.0 Å². The Bertz CT molecular complexity index is 857. The lowest BCUT2D eigenvalue weighted by molar-refractivity contribution is -0.132. The number of benzene rings is 1. The van der Waals surface area contributed by atoms with E-state index in [-0.39, 0.29) is 48.9 Å². The summed E-state index contributed by atoms with van der Waals surface area (Å²) in [5.41, 5.74) is 1.06. The van der Waals surface area contributed by atoms with Crippen LogP contribution in [0.2, 0.25) is 0 Å². The number of rotatable bonds is 4. The van der Waals surface area contributed by atoms with Crippen molar-refractivity contribution in [1.29, 1.82) is 0 Å². The second kappa shape index (κ2) is 11.5. The summed E-state index contributed by atoms with van der Waals surface area (Å²) >= 11 is 0. The molecule has 9 nitrogen and oxygen atoms in total. The van der Waals surface area contributed by atoms with Crippen LogP contribution in [0.4, 0.5) is 0 Å². The molecule has 1 aromatic heterocycles. The minimum Gasteiger partial charge on any atom is -0.487 e. The molecule has 1 aliphatic rings. The molecule has 1 aliphatic heterocycles. The van der Waals surface area contributed by atoms with Crippen LogP contribution >= 0.6 is 0 Å². The van der Waals surface area contributed by atoms with E-state index in [4.69, 9.17) is 28.4 Å². The molecule has 0 N–H and O–H groups in total. The zero-order chi connectivity index (χ0) is 22.9. The Morgan fingerprint density at radius 2 is 1.38 bits per heavy atom. The van der Waals surface area contributed by atoms with Crippen LogP contribution in [-0.2, 0) is 25.5 Å². The fourth-order valence-electron chi connectivity index (χ4n) is 3.38. The molecule has 0 atom stereocenters. The van der Waals surface area contributed by atoms with Crippen LogP contribution in [0.5, 0.6) is 11.5 Å². The highest BCUT2D eigenvalue weighted by atomic mass is 16.7. The van der Waals surface area contributed by atoms with E-state index < -0.39 is 11.9 Å². The fourth-order valence-corrected chi connectivity index (χ4v) is 3.38. The summed E-state index contributed by atoms with van der Waals surface area (Å²) in [5, 5.41) is 0. The third-order valence-electron chi connectivity index (χ3n) is 4.89. The number of fused-ring (bicyclic) bond motifs is 1. The van der Waals surface area contributed by atoms with Crippen molar-refractivity contribution in [2.45, 2.75) is 32.6 Å². The number of carbonyl (C=O) groups is 2. The number of carbonyl (C=O) groups excluding carboxylic acids is 2. The van der Waals surface area contributed by atoms with Crippen molar-refractivity contribution in [3.63, 3.8) is 0 Å². The summed E-state index contributed by atoms with van der Waals surface area (Å²) in [6, 6.07) is 9.43. The summed E-state index contributed by atoms with van der Waals surface area (Å²) in [4.78, 5) is 25.6. The van der Waals surface area contributed by atoms with Gasteiger partial charge in [-0.2, -0.15) is 0 Å². The van der Waals surface area contributed by atoms with E-state index in [0.717, 1.165) is 5.56 Å². The second-order valence-corrected chi connectivity index (χ2v) is 7.12. The molecule has 9 heteroatoms. The zero-order valence-corrected chi connectivity index (χ0v) is 18.6. The number of ether oxygens (including phenoxy) is 6. The SMILES string of the molecule is COC(=O)c1c2c(c(C(=O)OC)n1Cc1ccccc1)OCCCOC(C)OCCCO2. The fraction of sp³-hybridized carbons (Fsp3) is 0.478. The lowest BCUT2D eigenvalue weighted by atomic mass is 10.2. The highest BCUT2D eigenvalue weighted by Crippen LogP contribution is 2.40. The molecule has 0 bridgehead atoms. The molecule has 0 spiro atoms. The standard InChI is InChI=1S/C23H29NO8/c1-16-29-11-7-13-31-20-18(22(25)27-2)24(15-17-9-5-4-6-10-17)19(23(26)28-3)21(20)32-14-8-12-30-16/h4-6,9-10,16H,7-8,11-15H2,1-3H3. The first-order valence-electron chi connectivity index (χ1n) is 10.5. The topological polar surface area (TPSA) is 94.5 Å². The molecule has 0 radical (unpaired) electrons. The number of nitrogens with zero attached hydrogens (tertiary/aromatic N) is 1. The minimum absolute atomic E-state index is 0.0900. The average molecular weight is 447 g/mol. The van der Waals surface area contributed by atoms with Gasteiger partial charge in [0.1, 0.15) is 0 Å². The van der Waals surface area contributed by atoms with E-state index in [1.807, 2.05) is 37.3 Å². The average Bonchev–Trinajstić information content (AvgIpc) is 3.11. The van der Waals surface area contributed by atoms with Gasteiger partial charge in [-0.1, -0.05) is 30.3 Å². The maximum Gasteiger partial charge on any atom is 0.358 e. The van der Waals surface area contributed by atoms with E-state index in [1.165, 1.54) is 18.8 Å². The van der Waals surface area contributed by atoms with Gasteiger partial charge in [-0.15, -0.1) is 0 Å². The summed E-state index contributed by atoms with van der Waals surface area (Å²) in [6.07, 6.45) is 0.752. The molecular weight excluding hydrogens is 418 g/mol. The number of hydrogen-bond acceptors (Lipinski definition) is 8. The number of esters is 2. The summed E-state index contributed by atoms with van der Waals surface area (Å²) < 4.78 is 34.7. The second-order valence-electron chi connectivity index (χ2n) is 7.12. The molecule has 2 aromatic rings. The molecule has 0 unspecified atom stereocenters. The monoisotopic (exact) mass is 447 g/mol. The molecule has 0 saturated heterocycles. The summed E-state index contributed by atoms with van der Waals surface area (Å²) in [7, 11) is 2.55. The van der Waals surface area contributed by atoms with Crippen molar-refractivity contribution in [3.8, 4) is 11.5 Å². The Hall–Kier alpha value is -3.04. The molecule has 3 rings (SSSR count). The Balaban J connectivity index is 2.10. The van der Waals surface area contributed by atoms with Crippen LogP contribution in [0, 0.1) is 0 Å². The molecular formula is C23H29NO8. The number of hydrogen-bond donors (Lipinski definition) is 0. The first kappa shape index (κ1) is 23.6. The third kappa shape index (κ3) is 5.60. The normalized spacial score (nSPS) is 15.7. The van der Waals surface area contributed by atoms with Crippen LogP contribution in [0.3, 0.4) is 0 Å². The Morgan fingerprint density at radius 3 is 1.84 bits per heavy atom. The van der Waals surface area contributed by atoms with E-state index >= 15 is 0 Å². The highest BCUT2D eigenvalue weighted by Gasteiger charge is 2.34. The van der Waals surface area contributed by atoms with Gasteiger partial charge in [0, 0.05) is 19.4 Å². The predicted molar refractivity (Wildman–Crippen MR) is 114 cm³/mol. The Kier molecular flexibility index (Phi) is 8.52.